The van der Waals surface area contributed by atoms with Crippen LogP contribution in [0.4, 0.5) is 0 Å². The van der Waals surface area contributed by atoms with Gasteiger partial charge in [-0.25, -0.2) is 0 Å². The summed E-state index contributed by atoms with van der Waals surface area (Å²) in [5.41, 5.74) is 2.67. The van der Waals surface area contributed by atoms with E-state index >= 15 is 0 Å². The van der Waals surface area contributed by atoms with Crippen molar-refractivity contribution < 1.29 is 0 Å². The van der Waals surface area contributed by atoms with Crippen LogP contribution in [0.3, 0.4) is 0 Å². The predicted octanol–water partition coefficient (Wildman–Crippen LogP) is 4.08. The van der Waals surface area contributed by atoms with Crippen molar-refractivity contribution in [2.24, 2.45) is 23.7 Å². The highest BCUT2D eigenvalue weighted by Gasteiger charge is 2.53. The van der Waals surface area contributed by atoms with Crippen molar-refractivity contribution in [1.29, 1.82) is 0 Å². The molecule has 3 fully saturated rings. The first-order valence-corrected chi connectivity index (χ1v) is 8.68. The molecule has 0 aliphatic heterocycles. The van der Waals surface area contributed by atoms with E-state index in [2.05, 4.69) is 34.6 Å². The summed E-state index contributed by atoms with van der Waals surface area (Å²) >= 11 is 0. The minimum absolute atomic E-state index is 0.788. The zero-order valence-corrected chi connectivity index (χ0v) is 12.5. The molecule has 0 radical (unpaired) electrons. The Hall–Kier alpha value is -1.28. The van der Waals surface area contributed by atoms with Gasteiger partial charge in [0, 0.05) is 24.3 Å². The number of fused-ring (bicyclic) bond motifs is 6. The van der Waals surface area contributed by atoms with Crippen LogP contribution in [0.2, 0.25) is 0 Å². The van der Waals surface area contributed by atoms with Crippen molar-refractivity contribution in [2.75, 3.05) is 0 Å². The lowest BCUT2D eigenvalue weighted by Crippen LogP contribution is -2.38. The lowest BCUT2D eigenvalue weighted by atomic mass is 9.79. The van der Waals surface area contributed by atoms with E-state index in [1.165, 1.54) is 48.6 Å². The van der Waals surface area contributed by atoms with Gasteiger partial charge in [-0.3, -0.25) is 0 Å². The predicted molar refractivity (Wildman–Crippen MR) is 86.0 cm³/mol. The summed E-state index contributed by atoms with van der Waals surface area (Å²) in [7, 11) is 0. The van der Waals surface area contributed by atoms with Crippen LogP contribution >= 0.6 is 0 Å². The lowest BCUT2D eigenvalue weighted by molar-refractivity contribution is 0.208. The molecular weight excluding hydrogens is 256 g/mol. The molecule has 3 saturated carbocycles. The summed E-state index contributed by atoms with van der Waals surface area (Å²) in [6.07, 6.45) is 9.53. The standard InChI is InChI=1S/C19H24N2/c1-2-15-14-9-17(16(15)3-1)19(10-14)21-11-12-4-5-18-13(8-12)6-7-20-18/h4-8,14-17,19-21H,1-3,9-11H2. The summed E-state index contributed by atoms with van der Waals surface area (Å²) in [5, 5.41) is 5.22. The maximum atomic E-state index is 3.89. The van der Waals surface area contributed by atoms with Crippen LogP contribution in [-0.2, 0) is 6.54 Å². The average Bonchev–Trinajstić information content (AvgIpc) is 3.24. The molecule has 2 aromatic rings. The second-order valence-electron chi connectivity index (χ2n) is 7.54. The number of nitrogens with one attached hydrogen (secondary N) is 2. The first-order chi connectivity index (χ1) is 10.4. The van der Waals surface area contributed by atoms with Crippen LogP contribution in [0.15, 0.2) is 30.5 Å². The third-order valence-corrected chi connectivity index (χ3v) is 6.61. The second kappa shape index (κ2) is 4.61. The maximum absolute atomic E-state index is 3.89. The van der Waals surface area contributed by atoms with E-state index in [-0.39, 0.29) is 0 Å². The average molecular weight is 280 g/mol. The van der Waals surface area contributed by atoms with Gasteiger partial charge in [0.05, 0.1) is 0 Å². The Labute approximate surface area is 126 Å². The van der Waals surface area contributed by atoms with Gasteiger partial charge in [0.2, 0.25) is 0 Å². The van der Waals surface area contributed by atoms with E-state index in [9.17, 15) is 0 Å². The van der Waals surface area contributed by atoms with E-state index in [1.54, 1.807) is 0 Å². The summed E-state index contributed by atoms with van der Waals surface area (Å²) < 4.78 is 0. The largest absolute Gasteiger partial charge is 0.361 e. The van der Waals surface area contributed by atoms with E-state index in [0.29, 0.717) is 0 Å². The molecule has 2 nitrogen and oxygen atoms in total. The van der Waals surface area contributed by atoms with Gasteiger partial charge in [-0.2, -0.15) is 0 Å². The summed E-state index contributed by atoms with van der Waals surface area (Å²) in [5.74, 6) is 4.20. The molecule has 5 rings (SSSR count). The molecule has 0 saturated heterocycles. The Morgan fingerprint density at radius 2 is 2.00 bits per heavy atom. The summed E-state index contributed by atoms with van der Waals surface area (Å²) in [6, 6.07) is 9.75. The van der Waals surface area contributed by atoms with Gasteiger partial charge in [-0.1, -0.05) is 12.5 Å². The zero-order valence-electron chi connectivity index (χ0n) is 12.5. The van der Waals surface area contributed by atoms with Crippen LogP contribution in [0.5, 0.6) is 0 Å². The Kier molecular flexibility index (Phi) is 2.69. The number of aromatic nitrogens is 1. The van der Waals surface area contributed by atoms with Crippen molar-refractivity contribution in [3.05, 3.63) is 36.0 Å². The lowest BCUT2D eigenvalue weighted by Gasteiger charge is -2.32. The van der Waals surface area contributed by atoms with Crippen molar-refractivity contribution in [3.63, 3.8) is 0 Å². The van der Waals surface area contributed by atoms with Gasteiger partial charge in [-0.15, -0.1) is 0 Å². The van der Waals surface area contributed by atoms with Gasteiger partial charge in [0.25, 0.3) is 0 Å². The molecule has 21 heavy (non-hydrogen) atoms. The number of hydrogen-bond donors (Lipinski definition) is 2. The fourth-order valence-electron chi connectivity index (χ4n) is 5.76. The molecule has 1 heterocycles. The van der Waals surface area contributed by atoms with Gasteiger partial charge in [-0.05, 0) is 78.5 Å². The molecule has 2 N–H and O–H groups in total. The fourth-order valence-corrected chi connectivity index (χ4v) is 5.76. The highest BCUT2D eigenvalue weighted by atomic mass is 14.9. The zero-order chi connectivity index (χ0) is 13.8. The molecule has 3 aliphatic carbocycles. The molecule has 110 valence electrons. The van der Waals surface area contributed by atoms with Gasteiger partial charge in [0.1, 0.15) is 0 Å². The Morgan fingerprint density at radius 1 is 1.05 bits per heavy atom. The fraction of sp³-hybridized carbons (Fsp3) is 0.579. The number of hydrogen-bond acceptors (Lipinski definition) is 1. The monoisotopic (exact) mass is 280 g/mol. The minimum Gasteiger partial charge on any atom is -0.361 e. The number of benzene rings is 1. The van der Waals surface area contributed by atoms with Crippen molar-refractivity contribution in [1.82, 2.24) is 10.3 Å². The van der Waals surface area contributed by atoms with E-state index in [0.717, 1.165) is 36.3 Å². The Bertz CT molecular complexity index is 658. The van der Waals surface area contributed by atoms with Crippen LogP contribution in [0.25, 0.3) is 10.9 Å². The van der Waals surface area contributed by atoms with Crippen molar-refractivity contribution >= 4 is 10.9 Å². The molecule has 5 atom stereocenters. The maximum Gasteiger partial charge on any atom is 0.0454 e. The molecule has 2 bridgehead atoms. The first-order valence-electron chi connectivity index (χ1n) is 8.68. The summed E-state index contributed by atoms with van der Waals surface area (Å²) in [6.45, 7) is 1.03. The van der Waals surface area contributed by atoms with Crippen molar-refractivity contribution in [2.45, 2.75) is 44.7 Å². The van der Waals surface area contributed by atoms with Gasteiger partial charge in [0.15, 0.2) is 0 Å². The van der Waals surface area contributed by atoms with E-state index in [1.807, 2.05) is 6.20 Å². The first kappa shape index (κ1) is 12.3. The minimum atomic E-state index is 0.788. The number of H-pyrrole nitrogens is 1. The Morgan fingerprint density at radius 3 is 3.00 bits per heavy atom. The third kappa shape index (κ3) is 1.88. The highest BCUT2D eigenvalue weighted by Crippen LogP contribution is 2.58. The molecule has 0 spiro atoms. The molecule has 0 amide bonds. The van der Waals surface area contributed by atoms with Crippen LogP contribution in [0.1, 0.15) is 37.7 Å². The van der Waals surface area contributed by atoms with E-state index < -0.39 is 0 Å². The number of aromatic amines is 1. The SMILES string of the molecule is c1cc2cc(CNC3CC4CC3C3CCCC43)ccc2[nH]1. The van der Waals surface area contributed by atoms with Crippen LogP contribution in [-0.4, -0.2) is 11.0 Å². The van der Waals surface area contributed by atoms with Crippen molar-refractivity contribution in [3.8, 4) is 0 Å². The van der Waals surface area contributed by atoms with Gasteiger partial charge < -0.3 is 10.3 Å². The molecule has 1 aromatic carbocycles. The molecule has 5 unspecified atom stereocenters. The topological polar surface area (TPSA) is 27.8 Å². The molecule has 3 aliphatic rings. The normalized spacial score (nSPS) is 37.4. The van der Waals surface area contributed by atoms with Gasteiger partial charge >= 0.3 is 0 Å². The van der Waals surface area contributed by atoms with Crippen LogP contribution < -0.4 is 5.32 Å². The molecular formula is C19H24N2. The number of rotatable bonds is 3. The smallest absolute Gasteiger partial charge is 0.0454 e. The molecule has 2 heteroatoms. The van der Waals surface area contributed by atoms with E-state index in [4.69, 9.17) is 0 Å². The summed E-state index contributed by atoms with van der Waals surface area (Å²) in [4.78, 5) is 3.27. The Balaban J connectivity index is 1.28. The molecule has 1 aromatic heterocycles. The highest BCUT2D eigenvalue weighted by molar-refractivity contribution is 5.79. The second-order valence-corrected chi connectivity index (χ2v) is 7.54. The third-order valence-electron chi connectivity index (χ3n) is 6.61. The quantitative estimate of drug-likeness (QED) is 0.871. The van der Waals surface area contributed by atoms with Crippen LogP contribution in [0, 0.1) is 23.7 Å².